The van der Waals surface area contributed by atoms with E-state index in [-0.39, 0.29) is 23.4 Å². The molecule has 3 N–H and O–H groups in total. The Labute approximate surface area is 148 Å². The number of carbonyl (C=O) groups is 2. The topological polar surface area (TPSA) is 148 Å². The van der Waals surface area contributed by atoms with Gasteiger partial charge in [0, 0.05) is 23.5 Å². The number of nitro benzene ring substituents is 1. The molecule has 9 nitrogen and oxygen atoms in total. The van der Waals surface area contributed by atoms with Crippen LogP contribution in [0.1, 0.15) is 15.9 Å². The molecule has 0 bridgehead atoms. The summed E-state index contributed by atoms with van der Waals surface area (Å²) < 4.78 is 4.84. The fraction of sp³-hybridized carbons (Fsp3) is 0.118. The lowest BCUT2D eigenvalue weighted by atomic mass is 10.1. The average molecular weight is 354 g/mol. The van der Waals surface area contributed by atoms with Gasteiger partial charge in [0.25, 0.3) is 11.6 Å². The van der Waals surface area contributed by atoms with Gasteiger partial charge in [-0.3, -0.25) is 14.9 Å². The highest BCUT2D eigenvalue weighted by molar-refractivity contribution is 5.98. The van der Waals surface area contributed by atoms with Crippen LogP contribution in [-0.4, -0.2) is 23.4 Å². The smallest absolute Gasteiger partial charge is 0.341 e. The quantitative estimate of drug-likeness (QED) is 0.349. The van der Waals surface area contributed by atoms with Crippen molar-refractivity contribution in [3.05, 3.63) is 63.7 Å². The number of nitrogen functional groups attached to an aromatic ring is 1. The van der Waals surface area contributed by atoms with Crippen molar-refractivity contribution in [2.75, 3.05) is 17.7 Å². The van der Waals surface area contributed by atoms with Crippen molar-refractivity contribution in [1.82, 2.24) is 0 Å². The maximum atomic E-state index is 12.0. The number of rotatable bonds is 6. The number of hydrogen-bond donors (Lipinski definition) is 2. The number of hydrogen-bond acceptors (Lipinski definition) is 7. The van der Waals surface area contributed by atoms with Crippen molar-refractivity contribution in [1.29, 1.82) is 5.26 Å². The molecule has 0 atom stereocenters. The van der Waals surface area contributed by atoms with Gasteiger partial charge in [0.2, 0.25) is 0 Å². The van der Waals surface area contributed by atoms with E-state index < -0.39 is 23.4 Å². The number of non-ortho nitro benzene ring substituents is 1. The first kappa shape index (κ1) is 18.4. The standard InChI is InChI=1S/C17H14N4O5/c18-8-7-11-1-3-12(4-2-11)20-16(22)10-26-17(23)14-9-13(21(24)25)5-6-15(14)19/h1-6,9H,7,10,19H2,(H,20,22). The maximum absolute atomic E-state index is 12.0. The molecule has 0 saturated heterocycles. The molecule has 0 saturated carbocycles. The molecule has 0 spiro atoms. The van der Waals surface area contributed by atoms with Gasteiger partial charge in [0.05, 0.1) is 23.0 Å². The van der Waals surface area contributed by atoms with Crippen LogP contribution >= 0.6 is 0 Å². The van der Waals surface area contributed by atoms with E-state index in [0.29, 0.717) is 5.69 Å². The summed E-state index contributed by atoms with van der Waals surface area (Å²) in [5.74, 6) is -1.53. The number of ether oxygens (including phenoxy) is 1. The van der Waals surface area contributed by atoms with E-state index in [1.54, 1.807) is 24.3 Å². The molecule has 2 aromatic carbocycles. The minimum Gasteiger partial charge on any atom is -0.452 e. The molecule has 26 heavy (non-hydrogen) atoms. The maximum Gasteiger partial charge on any atom is 0.341 e. The largest absolute Gasteiger partial charge is 0.452 e. The zero-order valence-electron chi connectivity index (χ0n) is 13.5. The number of carbonyl (C=O) groups excluding carboxylic acids is 2. The van der Waals surface area contributed by atoms with Crippen LogP contribution in [0.5, 0.6) is 0 Å². The van der Waals surface area contributed by atoms with Crippen LogP contribution in [-0.2, 0) is 16.0 Å². The highest BCUT2D eigenvalue weighted by Crippen LogP contribution is 2.20. The van der Waals surface area contributed by atoms with Crippen molar-refractivity contribution in [3.8, 4) is 6.07 Å². The molecule has 0 aliphatic carbocycles. The molecular formula is C17H14N4O5. The van der Waals surface area contributed by atoms with Crippen LogP contribution in [0, 0.1) is 21.4 Å². The summed E-state index contributed by atoms with van der Waals surface area (Å²) in [4.78, 5) is 33.9. The lowest BCUT2D eigenvalue weighted by Gasteiger charge is -2.08. The Balaban J connectivity index is 1.94. The predicted octanol–water partition coefficient (Wildman–Crippen LogP) is 2.04. The van der Waals surface area contributed by atoms with Gasteiger partial charge in [-0.1, -0.05) is 12.1 Å². The van der Waals surface area contributed by atoms with E-state index >= 15 is 0 Å². The zero-order valence-corrected chi connectivity index (χ0v) is 13.5. The summed E-state index contributed by atoms with van der Waals surface area (Å²) in [5.41, 5.74) is 6.40. The second kappa shape index (κ2) is 8.25. The third-order valence-electron chi connectivity index (χ3n) is 3.32. The van der Waals surface area contributed by atoms with E-state index in [1.165, 1.54) is 6.07 Å². The van der Waals surface area contributed by atoms with Crippen molar-refractivity contribution in [3.63, 3.8) is 0 Å². The van der Waals surface area contributed by atoms with Gasteiger partial charge >= 0.3 is 5.97 Å². The normalized spacial score (nSPS) is 9.81. The minimum absolute atomic E-state index is 0.00842. The Morgan fingerprint density at radius 2 is 1.92 bits per heavy atom. The van der Waals surface area contributed by atoms with Crippen molar-refractivity contribution in [2.24, 2.45) is 0 Å². The highest BCUT2D eigenvalue weighted by Gasteiger charge is 2.17. The van der Waals surface area contributed by atoms with E-state index in [0.717, 1.165) is 17.7 Å². The summed E-state index contributed by atoms with van der Waals surface area (Å²) in [5, 5.41) is 21.9. The van der Waals surface area contributed by atoms with Crippen molar-refractivity contribution in [2.45, 2.75) is 6.42 Å². The van der Waals surface area contributed by atoms with Gasteiger partial charge < -0.3 is 15.8 Å². The van der Waals surface area contributed by atoms with E-state index in [1.807, 2.05) is 6.07 Å². The summed E-state index contributed by atoms with van der Waals surface area (Å²) in [6.45, 7) is -0.582. The highest BCUT2D eigenvalue weighted by atomic mass is 16.6. The molecule has 2 aromatic rings. The summed E-state index contributed by atoms with van der Waals surface area (Å²) >= 11 is 0. The first-order valence-electron chi connectivity index (χ1n) is 7.37. The predicted molar refractivity (Wildman–Crippen MR) is 92.2 cm³/mol. The molecule has 0 heterocycles. The second-order valence-corrected chi connectivity index (χ2v) is 5.18. The summed E-state index contributed by atoms with van der Waals surface area (Å²) in [7, 11) is 0. The number of nitrogens with zero attached hydrogens (tertiary/aromatic N) is 2. The van der Waals surface area contributed by atoms with Crippen molar-refractivity contribution >= 4 is 28.9 Å². The number of amides is 1. The minimum atomic E-state index is -0.939. The van der Waals surface area contributed by atoms with E-state index in [2.05, 4.69) is 5.32 Å². The van der Waals surface area contributed by atoms with Crippen LogP contribution in [0.2, 0.25) is 0 Å². The number of nitrogens with one attached hydrogen (secondary N) is 1. The third-order valence-corrected chi connectivity index (χ3v) is 3.32. The molecule has 9 heteroatoms. The van der Waals surface area contributed by atoms with Gasteiger partial charge in [-0.2, -0.15) is 5.26 Å². The molecule has 0 fully saturated rings. The van der Waals surface area contributed by atoms with Gasteiger partial charge in [-0.05, 0) is 23.8 Å². The summed E-state index contributed by atoms with van der Waals surface area (Å²) in [6, 6.07) is 12.0. The molecule has 0 radical (unpaired) electrons. The van der Waals surface area contributed by atoms with Crippen LogP contribution in [0.4, 0.5) is 17.1 Å². The van der Waals surface area contributed by atoms with Gasteiger partial charge in [0.1, 0.15) is 0 Å². The number of nitro groups is 1. The fourth-order valence-corrected chi connectivity index (χ4v) is 2.04. The van der Waals surface area contributed by atoms with E-state index in [4.69, 9.17) is 15.7 Å². The monoisotopic (exact) mass is 354 g/mol. The molecule has 0 aromatic heterocycles. The van der Waals surface area contributed by atoms with Crippen LogP contribution in [0.25, 0.3) is 0 Å². The first-order chi connectivity index (χ1) is 12.4. The molecule has 0 aliphatic heterocycles. The number of nitriles is 1. The number of esters is 1. The molecular weight excluding hydrogens is 340 g/mol. The zero-order chi connectivity index (χ0) is 19.1. The van der Waals surface area contributed by atoms with Crippen molar-refractivity contribution < 1.29 is 19.2 Å². The Bertz CT molecular complexity index is 887. The lowest BCUT2D eigenvalue weighted by Crippen LogP contribution is -2.21. The SMILES string of the molecule is N#CCc1ccc(NC(=O)COC(=O)c2cc([N+](=O)[O-])ccc2N)cc1. The molecule has 1 amide bonds. The Morgan fingerprint density at radius 3 is 2.54 bits per heavy atom. The average Bonchev–Trinajstić information content (AvgIpc) is 2.61. The Morgan fingerprint density at radius 1 is 1.23 bits per heavy atom. The molecule has 0 unspecified atom stereocenters. The molecule has 132 valence electrons. The lowest BCUT2D eigenvalue weighted by molar-refractivity contribution is -0.384. The number of anilines is 2. The van der Waals surface area contributed by atoms with E-state index in [9.17, 15) is 19.7 Å². The third kappa shape index (κ3) is 4.78. The van der Waals surface area contributed by atoms with Crippen LogP contribution in [0.15, 0.2) is 42.5 Å². The first-order valence-corrected chi connectivity index (χ1v) is 7.37. The summed E-state index contributed by atoms with van der Waals surface area (Å²) in [6.07, 6.45) is 0.260. The van der Waals surface area contributed by atoms with Gasteiger partial charge in [0.15, 0.2) is 6.61 Å². The van der Waals surface area contributed by atoms with Gasteiger partial charge in [-0.25, -0.2) is 4.79 Å². The fourth-order valence-electron chi connectivity index (χ4n) is 2.04. The van der Waals surface area contributed by atoms with Crippen LogP contribution in [0.3, 0.4) is 0 Å². The second-order valence-electron chi connectivity index (χ2n) is 5.18. The molecule has 0 aliphatic rings. The molecule has 2 rings (SSSR count). The van der Waals surface area contributed by atoms with Gasteiger partial charge in [-0.15, -0.1) is 0 Å². The number of nitrogens with two attached hydrogens (primary N) is 1. The Hall–Kier alpha value is -3.93. The number of benzene rings is 2. The Kier molecular flexibility index (Phi) is 5.84. The van der Waals surface area contributed by atoms with Crippen LogP contribution < -0.4 is 11.1 Å².